The van der Waals surface area contributed by atoms with E-state index >= 15 is 0 Å². The summed E-state index contributed by atoms with van der Waals surface area (Å²) in [5.74, 6) is -0.110. The number of amides is 2. The first-order valence-electron chi connectivity index (χ1n) is 8.65. The summed E-state index contributed by atoms with van der Waals surface area (Å²) in [6.45, 7) is 2.16. The van der Waals surface area contributed by atoms with E-state index in [1.54, 1.807) is 22.9 Å². The Hall–Kier alpha value is -2.48. The number of rotatable bonds is 6. The highest BCUT2D eigenvalue weighted by Gasteiger charge is 2.35. The summed E-state index contributed by atoms with van der Waals surface area (Å²) >= 11 is 0. The van der Waals surface area contributed by atoms with Crippen LogP contribution < -0.4 is 0 Å². The fourth-order valence-corrected chi connectivity index (χ4v) is 3.20. The number of aromatic amines is 1. The predicted octanol–water partition coefficient (Wildman–Crippen LogP) is 1.07. The zero-order chi connectivity index (χ0) is 18.8. The van der Waals surface area contributed by atoms with Gasteiger partial charge in [0.1, 0.15) is 11.6 Å². The van der Waals surface area contributed by atoms with E-state index in [2.05, 4.69) is 9.97 Å². The molecule has 8 heteroatoms. The molecule has 1 aliphatic heterocycles. The number of H-pyrrole nitrogens is 1. The number of carbonyl (C=O) groups excluding carboxylic acids is 2. The van der Waals surface area contributed by atoms with Crippen LogP contribution in [0.4, 0.5) is 4.39 Å². The van der Waals surface area contributed by atoms with Gasteiger partial charge in [0.2, 0.25) is 11.8 Å². The Balaban J connectivity index is 1.61. The Morgan fingerprint density at radius 1 is 1.38 bits per heavy atom. The molecule has 1 saturated heterocycles. The molecule has 3 rings (SSSR count). The van der Waals surface area contributed by atoms with Crippen molar-refractivity contribution in [2.24, 2.45) is 5.92 Å². The fraction of sp³-hybridized carbons (Fsp3) is 0.500. The first-order valence-corrected chi connectivity index (χ1v) is 8.65. The van der Waals surface area contributed by atoms with E-state index in [-0.39, 0.29) is 36.5 Å². The minimum atomic E-state index is -0.334. The van der Waals surface area contributed by atoms with Crippen molar-refractivity contribution in [3.63, 3.8) is 0 Å². The number of hydrogen-bond donors (Lipinski definition) is 1. The van der Waals surface area contributed by atoms with Crippen molar-refractivity contribution in [3.05, 3.63) is 29.8 Å². The molecule has 2 aromatic rings. The molecule has 26 heavy (non-hydrogen) atoms. The van der Waals surface area contributed by atoms with Crippen molar-refractivity contribution in [2.75, 3.05) is 40.8 Å². The molecule has 1 aliphatic rings. The van der Waals surface area contributed by atoms with E-state index in [1.807, 2.05) is 19.0 Å². The van der Waals surface area contributed by atoms with Gasteiger partial charge in [0, 0.05) is 33.1 Å². The Labute approximate surface area is 151 Å². The number of benzene rings is 1. The third kappa shape index (κ3) is 4.01. The lowest BCUT2D eigenvalue weighted by Gasteiger charge is -2.21. The van der Waals surface area contributed by atoms with Crippen LogP contribution in [0, 0.1) is 11.7 Å². The number of imidazole rings is 1. The molecular formula is C18H24FN5O2. The molecule has 0 saturated carbocycles. The van der Waals surface area contributed by atoms with Crippen LogP contribution in [0.15, 0.2) is 18.2 Å². The normalized spacial score (nSPS) is 17.5. The van der Waals surface area contributed by atoms with Gasteiger partial charge in [0.05, 0.1) is 23.5 Å². The number of nitrogens with one attached hydrogen (secondary N) is 1. The van der Waals surface area contributed by atoms with Gasteiger partial charge in [0.15, 0.2) is 0 Å². The summed E-state index contributed by atoms with van der Waals surface area (Å²) in [7, 11) is 5.61. The Morgan fingerprint density at radius 3 is 2.88 bits per heavy atom. The average Bonchev–Trinajstić information content (AvgIpc) is 3.14. The maximum Gasteiger partial charge on any atom is 0.228 e. The maximum atomic E-state index is 13.3. The van der Waals surface area contributed by atoms with Crippen molar-refractivity contribution in [1.29, 1.82) is 0 Å². The van der Waals surface area contributed by atoms with Gasteiger partial charge < -0.3 is 19.7 Å². The standard InChI is InChI=1S/C18H24FN5O2/c1-22(2)6-7-24-10-12(8-17(24)25)18(26)23(3)11-16-20-14-5-4-13(19)9-15(14)21-16/h4-5,9,12H,6-8,10-11H2,1-3H3,(H,20,21)/t12-/m1/s1. The van der Waals surface area contributed by atoms with Crippen LogP contribution in [0.25, 0.3) is 11.0 Å². The molecule has 1 atom stereocenters. The quantitative estimate of drug-likeness (QED) is 0.835. The molecule has 1 fully saturated rings. The summed E-state index contributed by atoms with van der Waals surface area (Å²) in [6.07, 6.45) is 0.252. The molecule has 2 amide bonds. The lowest BCUT2D eigenvalue weighted by molar-refractivity contribution is -0.135. The van der Waals surface area contributed by atoms with E-state index in [0.29, 0.717) is 29.9 Å². The van der Waals surface area contributed by atoms with Crippen LogP contribution >= 0.6 is 0 Å². The molecule has 2 heterocycles. The van der Waals surface area contributed by atoms with Gasteiger partial charge in [-0.2, -0.15) is 0 Å². The summed E-state index contributed by atoms with van der Waals surface area (Å²) in [5, 5.41) is 0. The summed E-state index contributed by atoms with van der Waals surface area (Å²) in [4.78, 5) is 37.5. The first kappa shape index (κ1) is 18.3. The smallest absolute Gasteiger partial charge is 0.228 e. The van der Waals surface area contributed by atoms with Crippen molar-refractivity contribution >= 4 is 22.8 Å². The molecule has 0 bridgehead atoms. The minimum Gasteiger partial charge on any atom is -0.341 e. The van der Waals surface area contributed by atoms with Crippen LogP contribution in [0.3, 0.4) is 0 Å². The molecule has 0 radical (unpaired) electrons. The molecular weight excluding hydrogens is 337 g/mol. The highest BCUT2D eigenvalue weighted by molar-refractivity contribution is 5.89. The minimum absolute atomic E-state index is 0.0258. The predicted molar refractivity (Wildman–Crippen MR) is 95.8 cm³/mol. The van der Waals surface area contributed by atoms with Gasteiger partial charge in [-0.3, -0.25) is 9.59 Å². The van der Waals surface area contributed by atoms with E-state index in [0.717, 1.165) is 6.54 Å². The summed E-state index contributed by atoms with van der Waals surface area (Å²) in [6, 6.07) is 4.34. The molecule has 1 N–H and O–H groups in total. The second-order valence-electron chi connectivity index (χ2n) is 7.08. The molecule has 1 aromatic carbocycles. The van der Waals surface area contributed by atoms with Crippen LogP contribution in [-0.2, 0) is 16.1 Å². The van der Waals surface area contributed by atoms with Gasteiger partial charge in [-0.25, -0.2) is 9.37 Å². The highest BCUT2D eigenvalue weighted by atomic mass is 19.1. The number of hydrogen-bond acceptors (Lipinski definition) is 4. The molecule has 1 aromatic heterocycles. The number of nitrogens with zero attached hydrogens (tertiary/aromatic N) is 4. The van der Waals surface area contributed by atoms with Gasteiger partial charge in [-0.1, -0.05) is 0 Å². The van der Waals surface area contributed by atoms with Gasteiger partial charge in [-0.15, -0.1) is 0 Å². The lowest BCUT2D eigenvalue weighted by Crippen LogP contribution is -2.36. The Kier molecular flexibility index (Phi) is 5.22. The van der Waals surface area contributed by atoms with Crippen LogP contribution in [0.2, 0.25) is 0 Å². The zero-order valence-corrected chi connectivity index (χ0v) is 15.3. The SMILES string of the molecule is CN(C)CCN1C[C@H](C(=O)N(C)Cc2nc3ccc(F)cc3[nH]2)CC1=O. The topological polar surface area (TPSA) is 72.5 Å². The number of halogens is 1. The van der Waals surface area contributed by atoms with Crippen molar-refractivity contribution in [1.82, 2.24) is 24.7 Å². The number of carbonyl (C=O) groups is 2. The van der Waals surface area contributed by atoms with E-state index < -0.39 is 0 Å². The zero-order valence-electron chi connectivity index (χ0n) is 15.3. The van der Waals surface area contributed by atoms with Crippen LogP contribution in [-0.4, -0.2) is 77.3 Å². The van der Waals surface area contributed by atoms with E-state index in [1.165, 1.54) is 12.1 Å². The van der Waals surface area contributed by atoms with Crippen LogP contribution in [0.1, 0.15) is 12.2 Å². The third-order valence-electron chi connectivity index (χ3n) is 4.64. The largest absolute Gasteiger partial charge is 0.341 e. The number of aromatic nitrogens is 2. The molecule has 0 aliphatic carbocycles. The Morgan fingerprint density at radius 2 is 2.15 bits per heavy atom. The second-order valence-corrected chi connectivity index (χ2v) is 7.08. The van der Waals surface area contributed by atoms with E-state index in [4.69, 9.17) is 0 Å². The molecule has 0 unspecified atom stereocenters. The highest BCUT2D eigenvalue weighted by Crippen LogP contribution is 2.21. The second kappa shape index (κ2) is 7.41. The summed E-state index contributed by atoms with van der Waals surface area (Å²) in [5.41, 5.74) is 1.26. The van der Waals surface area contributed by atoms with Gasteiger partial charge >= 0.3 is 0 Å². The monoisotopic (exact) mass is 361 g/mol. The average molecular weight is 361 g/mol. The lowest BCUT2D eigenvalue weighted by atomic mass is 10.1. The van der Waals surface area contributed by atoms with E-state index in [9.17, 15) is 14.0 Å². The van der Waals surface area contributed by atoms with Crippen molar-refractivity contribution in [2.45, 2.75) is 13.0 Å². The Bertz CT molecular complexity index is 819. The van der Waals surface area contributed by atoms with Crippen molar-refractivity contribution in [3.8, 4) is 0 Å². The maximum absolute atomic E-state index is 13.3. The number of likely N-dealkylation sites (N-methyl/N-ethyl adjacent to an activating group) is 1. The number of likely N-dealkylation sites (tertiary alicyclic amines) is 1. The van der Waals surface area contributed by atoms with Crippen LogP contribution in [0.5, 0.6) is 0 Å². The number of fused-ring (bicyclic) bond motifs is 1. The fourth-order valence-electron chi connectivity index (χ4n) is 3.20. The van der Waals surface area contributed by atoms with Gasteiger partial charge in [0.25, 0.3) is 0 Å². The third-order valence-corrected chi connectivity index (χ3v) is 4.64. The van der Waals surface area contributed by atoms with Gasteiger partial charge in [-0.05, 0) is 32.3 Å². The summed E-state index contributed by atoms with van der Waals surface area (Å²) < 4.78 is 13.3. The molecule has 140 valence electrons. The molecule has 7 nitrogen and oxygen atoms in total. The van der Waals surface area contributed by atoms with Crippen molar-refractivity contribution < 1.29 is 14.0 Å². The first-order chi connectivity index (χ1) is 12.3. The molecule has 0 spiro atoms.